The van der Waals surface area contributed by atoms with Gasteiger partial charge in [-0.2, -0.15) is 0 Å². The monoisotopic (exact) mass is 128 g/mol. The molecule has 2 atom stereocenters. The molecule has 0 heterocycles. The average Bonchev–Trinajstić information content (AvgIpc) is 1.89. The fourth-order valence-corrected chi connectivity index (χ4v) is 1.53. The number of nitrogens with two attached hydrogens (primary N) is 2. The number of rotatable bonds is 1. The van der Waals surface area contributed by atoms with Crippen molar-refractivity contribution in [1.82, 2.24) is 0 Å². The maximum Gasteiger partial charge on any atom is 0.00792 e. The summed E-state index contributed by atoms with van der Waals surface area (Å²) in [4.78, 5) is 0. The molecule has 0 aromatic carbocycles. The largest absolute Gasteiger partial charge is 0.330 e. The smallest absolute Gasteiger partial charge is 0.00792 e. The normalized spacial score (nSPS) is 36.7. The van der Waals surface area contributed by atoms with Crippen molar-refractivity contribution >= 4 is 0 Å². The molecule has 4 N–H and O–H groups in total. The Labute approximate surface area is 56.6 Å². The van der Waals surface area contributed by atoms with Crippen LogP contribution in [0.1, 0.15) is 25.7 Å². The predicted octanol–water partition coefficient (Wildman–Crippen LogP) is 0.463. The highest BCUT2D eigenvalue weighted by Crippen LogP contribution is 2.21. The van der Waals surface area contributed by atoms with E-state index >= 15 is 0 Å². The summed E-state index contributed by atoms with van der Waals surface area (Å²) in [5.74, 6) is 0.610. The van der Waals surface area contributed by atoms with Gasteiger partial charge in [0.15, 0.2) is 0 Å². The van der Waals surface area contributed by atoms with Gasteiger partial charge in [-0.25, -0.2) is 0 Å². The van der Waals surface area contributed by atoms with Crippen LogP contribution in [0.4, 0.5) is 0 Å². The zero-order valence-corrected chi connectivity index (χ0v) is 5.84. The molecule has 0 amide bonds. The molecular weight excluding hydrogens is 112 g/mol. The fourth-order valence-electron chi connectivity index (χ4n) is 1.53. The standard InChI is InChI=1S/C7H16N2/c8-5-6-3-1-2-4-7(6)9/h6-7H,1-5,8-9H2/t6-,7+/m0/s1. The van der Waals surface area contributed by atoms with Crippen molar-refractivity contribution in [2.45, 2.75) is 31.7 Å². The summed E-state index contributed by atoms with van der Waals surface area (Å²) in [7, 11) is 0. The van der Waals surface area contributed by atoms with Gasteiger partial charge in [0, 0.05) is 6.04 Å². The lowest BCUT2D eigenvalue weighted by molar-refractivity contribution is 0.315. The van der Waals surface area contributed by atoms with Crippen LogP contribution in [-0.2, 0) is 0 Å². The van der Waals surface area contributed by atoms with E-state index < -0.39 is 0 Å². The first-order valence-corrected chi connectivity index (χ1v) is 3.80. The van der Waals surface area contributed by atoms with Crippen LogP contribution in [0.15, 0.2) is 0 Å². The van der Waals surface area contributed by atoms with Crippen LogP contribution in [0.2, 0.25) is 0 Å². The van der Waals surface area contributed by atoms with Gasteiger partial charge in [-0.05, 0) is 25.3 Å². The van der Waals surface area contributed by atoms with Crippen LogP contribution in [0.3, 0.4) is 0 Å². The van der Waals surface area contributed by atoms with E-state index in [-0.39, 0.29) is 0 Å². The molecule has 1 fully saturated rings. The lowest BCUT2D eigenvalue weighted by Gasteiger charge is -2.26. The highest BCUT2D eigenvalue weighted by atomic mass is 14.7. The van der Waals surface area contributed by atoms with Crippen molar-refractivity contribution < 1.29 is 0 Å². The van der Waals surface area contributed by atoms with Crippen LogP contribution >= 0.6 is 0 Å². The van der Waals surface area contributed by atoms with E-state index in [1.165, 1.54) is 25.7 Å². The Morgan fingerprint density at radius 1 is 1.22 bits per heavy atom. The first kappa shape index (κ1) is 7.03. The molecule has 0 aromatic rings. The Morgan fingerprint density at radius 3 is 2.33 bits per heavy atom. The molecule has 0 aromatic heterocycles. The summed E-state index contributed by atoms with van der Waals surface area (Å²) in [6.07, 6.45) is 5.06. The lowest BCUT2D eigenvalue weighted by atomic mass is 9.85. The molecule has 54 valence electrons. The van der Waals surface area contributed by atoms with E-state index in [0.29, 0.717) is 12.0 Å². The van der Waals surface area contributed by atoms with E-state index in [2.05, 4.69) is 0 Å². The van der Waals surface area contributed by atoms with E-state index in [0.717, 1.165) is 6.54 Å². The molecule has 2 nitrogen and oxygen atoms in total. The summed E-state index contributed by atoms with van der Waals surface area (Å²) in [6, 6.07) is 0.392. The third-order valence-electron chi connectivity index (χ3n) is 2.27. The molecule has 0 aliphatic heterocycles. The molecule has 0 unspecified atom stereocenters. The minimum absolute atomic E-state index is 0.392. The topological polar surface area (TPSA) is 52.0 Å². The van der Waals surface area contributed by atoms with Crippen molar-refractivity contribution in [2.24, 2.45) is 17.4 Å². The third kappa shape index (κ3) is 1.66. The van der Waals surface area contributed by atoms with Crippen LogP contribution in [0.25, 0.3) is 0 Å². The third-order valence-corrected chi connectivity index (χ3v) is 2.27. The zero-order chi connectivity index (χ0) is 6.69. The molecule has 0 bridgehead atoms. The molecule has 1 aliphatic carbocycles. The van der Waals surface area contributed by atoms with Gasteiger partial charge in [0.1, 0.15) is 0 Å². The molecule has 1 rings (SSSR count). The second-order valence-electron chi connectivity index (χ2n) is 2.94. The molecule has 0 spiro atoms. The van der Waals surface area contributed by atoms with Crippen molar-refractivity contribution in [2.75, 3.05) is 6.54 Å². The number of hydrogen-bond donors (Lipinski definition) is 2. The van der Waals surface area contributed by atoms with Crippen LogP contribution in [-0.4, -0.2) is 12.6 Å². The van der Waals surface area contributed by atoms with E-state index in [1.54, 1.807) is 0 Å². The molecule has 2 heteroatoms. The van der Waals surface area contributed by atoms with E-state index in [9.17, 15) is 0 Å². The maximum absolute atomic E-state index is 5.81. The van der Waals surface area contributed by atoms with Gasteiger partial charge in [-0.15, -0.1) is 0 Å². The van der Waals surface area contributed by atoms with Gasteiger partial charge in [-0.3, -0.25) is 0 Å². The predicted molar refractivity (Wildman–Crippen MR) is 39.0 cm³/mol. The maximum atomic E-state index is 5.81. The summed E-state index contributed by atoms with van der Waals surface area (Å²) in [5, 5.41) is 0. The fraction of sp³-hybridized carbons (Fsp3) is 1.00. The summed E-state index contributed by atoms with van der Waals surface area (Å²) in [5.41, 5.74) is 11.3. The van der Waals surface area contributed by atoms with Gasteiger partial charge in [0.2, 0.25) is 0 Å². The van der Waals surface area contributed by atoms with Crippen molar-refractivity contribution in [3.05, 3.63) is 0 Å². The minimum atomic E-state index is 0.392. The number of hydrogen-bond acceptors (Lipinski definition) is 2. The molecular formula is C7H16N2. The van der Waals surface area contributed by atoms with Gasteiger partial charge in [-0.1, -0.05) is 12.8 Å². The van der Waals surface area contributed by atoms with E-state index in [4.69, 9.17) is 11.5 Å². The highest BCUT2D eigenvalue weighted by Gasteiger charge is 2.19. The SMILES string of the molecule is NC[C@@H]1CCCC[C@H]1N. The summed E-state index contributed by atoms with van der Waals surface area (Å²) in [6.45, 7) is 0.779. The minimum Gasteiger partial charge on any atom is -0.330 e. The van der Waals surface area contributed by atoms with Crippen LogP contribution < -0.4 is 11.5 Å². The van der Waals surface area contributed by atoms with Crippen LogP contribution in [0, 0.1) is 5.92 Å². The van der Waals surface area contributed by atoms with Crippen molar-refractivity contribution in [3.63, 3.8) is 0 Å². The Balaban J connectivity index is 2.30. The average molecular weight is 128 g/mol. The van der Waals surface area contributed by atoms with Gasteiger partial charge in [0.05, 0.1) is 0 Å². The van der Waals surface area contributed by atoms with Gasteiger partial charge < -0.3 is 11.5 Å². The quantitative estimate of drug-likeness (QED) is 0.539. The molecule has 1 saturated carbocycles. The summed E-state index contributed by atoms with van der Waals surface area (Å²) < 4.78 is 0. The van der Waals surface area contributed by atoms with Crippen molar-refractivity contribution in [1.29, 1.82) is 0 Å². The Morgan fingerprint density at radius 2 is 1.89 bits per heavy atom. The molecule has 0 radical (unpaired) electrons. The second-order valence-corrected chi connectivity index (χ2v) is 2.94. The first-order valence-electron chi connectivity index (χ1n) is 3.80. The first-order chi connectivity index (χ1) is 4.34. The summed E-state index contributed by atoms with van der Waals surface area (Å²) >= 11 is 0. The second kappa shape index (κ2) is 3.18. The van der Waals surface area contributed by atoms with Crippen molar-refractivity contribution in [3.8, 4) is 0 Å². The van der Waals surface area contributed by atoms with E-state index in [1.807, 2.05) is 0 Å². The highest BCUT2D eigenvalue weighted by molar-refractivity contribution is 4.77. The lowest BCUT2D eigenvalue weighted by Crippen LogP contribution is -2.37. The van der Waals surface area contributed by atoms with Gasteiger partial charge in [0.25, 0.3) is 0 Å². The molecule has 9 heavy (non-hydrogen) atoms. The Bertz CT molecular complexity index is 83.0. The van der Waals surface area contributed by atoms with Crippen LogP contribution in [0.5, 0.6) is 0 Å². The van der Waals surface area contributed by atoms with Gasteiger partial charge >= 0.3 is 0 Å². The Hall–Kier alpha value is -0.0800. The zero-order valence-electron chi connectivity index (χ0n) is 5.84. The molecule has 1 aliphatic rings. The Kier molecular flexibility index (Phi) is 2.49. The molecule has 0 saturated heterocycles.